The highest BCUT2D eigenvalue weighted by Crippen LogP contribution is 2.29. The molecule has 1 saturated heterocycles. The molecule has 1 aliphatic rings. The van der Waals surface area contributed by atoms with E-state index in [0.717, 1.165) is 24.3 Å². The molecule has 1 atom stereocenters. The van der Waals surface area contributed by atoms with Crippen molar-refractivity contribution in [2.24, 2.45) is 0 Å². The minimum absolute atomic E-state index is 0. The van der Waals surface area contributed by atoms with Crippen LogP contribution in [0.25, 0.3) is 5.65 Å². The molecular formula is C19H20ClN3O. The Morgan fingerprint density at radius 3 is 2.67 bits per heavy atom. The zero-order valence-electron chi connectivity index (χ0n) is 13.3. The van der Waals surface area contributed by atoms with Crippen molar-refractivity contribution in [1.82, 2.24) is 14.3 Å². The molecule has 4 rings (SSSR count). The smallest absolute Gasteiger partial charge is 0.223 e. The van der Waals surface area contributed by atoms with Gasteiger partial charge >= 0.3 is 0 Å². The van der Waals surface area contributed by atoms with Crippen LogP contribution in [-0.4, -0.2) is 26.7 Å². The van der Waals surface area contributed by atoms with Crippen molar-refractivity contribution in [3.63, 3.8) is 0 Å². The number of rotatable bonds is 3. The maximum absolute atomic E-state index is 12.5. The van der Waals surface area contributed by atoms with Gasteiger partial charge in [0.05, 0.1) is 18.4 Å². The van der Waals surface area contributed by atoms with Crippen molar-refractivity contribution in [2.45, 2.75) is 25.3 Å². The molecule has 0 bridgehead atoms. The summed E-state index contributed by atoms with van der Waals surface area (Å²) in [6.07, 6.45) is 5.48. The van der Waals surface area contributed by atoms with Crippen LogP contribution >= 0.6 is 12.4 Å². The van der Waals surface area contributed by atoms with Gasteiger partial charge in [0.15, 0.2) is 0 Å². The standard InChI is InChI=1S/C19H19N3O.ClH/c23-19-12-16(15-6-2-1-3-7-15)9-11-21(19)14-17-13-20-18-8-4-5-10-22(17)18;/h1-8,10,13,16H,9,11-12,14H2;1H. The van der Waals surface area contributed by atoms with Crippen LogP contribution in [0.2, 0.25) is 0 Å². The van der Waals surface area contributed by atoms with E-state index in [-0.39, 0.29) is 18.3 Å². The molecule has 4 nitrogen and oxygen atoms in total. The Morgan fingerprint density at radius 1 is 1.08 bits per heavy atom. The van der Waals surface area contributed by atoms with Crippen LogP contribution in [0.3, 0.4) is 0 Å². The molecule has 1 unspecified atom stereocenters. The highest BCUT2D eigenvalue weighted by atomic mass is 35.5. The van der Waals surface area contributed by atoms with E-state index in [9.17, 15) is 4.79 Å². The molecule has 2 aromatic heterocycles. The SMILES string of the molecule is Cl.O=C1CC(c2ccccc2)CCN1Cc1cnc2ccccn12. The summed E-state index contributed by atoms with van der Waals surface area (Å²) < 4.78 is 2.05. The number of carbonyl (C=O) groups excluding carboxylic acids is 1. The molecule has 3 aromatic rings. The lowest BCUT2D eigenvalue weighted by Gasteiger charge is -2.31. The predicted molar refractivity (Wildman–Crippen MR) is 96.3 cm³/mol. The van der Waals surface area contributed by atoms with E-state index in [2.05, 4.69) is 21.5 Å². The van der Waals surface area contributed by atoms with Gasteiger partial charge in [-0.05, 0) is 30.0 Å². The fraction of sp³-hybridized carbons (Fsp3) is 0.263. The number of hydrogen-bond acceptors (Lipinski definition) is 2. The van der Waals surface area contributed by atoms with Crippen molar-refractivity contribution < 1.29 is 4.79 Å². The number of imidazole rings is 1. The van der Waals surface area contributed by atoms with Crippen molar-refractivity contribution in [3.05, 3.63) is 72.2 Å². The number of hydrogen-bond donors (Lipinski definition) is 0. The first kappa shape index (κ1) is 16.5. The topological polar surface area (TPSA) is 37.6 Å². The van der Waals surface area contributed by atoms with Gasteiger partial charge in [0, 0.05) is 19.2 Å². The molecule has 0 spiro atoms. The van der Waals surface area contributed by atoms with E-state index in [1.54, 1.807) is 0 Å². The predicted octanol–water partition coefficient (Wildman–Crippen LogP) is 3.66. The lowest BCUT2D eigenvalue weighted by Crippen LogP contribution is -2.37. The van der Waals surface area contributed by atoms with Crippen molar-refractivity contribution in [1.29, 1.82) is 0 Å². The highest BCUT2D eigenvalue weighted by molar-refractivity contribution is 5.85. The zero-order chi connectivity index (χ0) is 15.6. The molecule has 1 aliphatic heterocycles. The molecule has 1 fully saturated rings. The van der Waals surface area contributed by atoms with Gasteiger partial charge in [0.25, 0.3) is 0 Å². The lowest BCUT2D eigenvalue weighted by molar-refractivity contribution is -0.134. The third-order valence-corrected chi connectivity index (χ3v) is 4.64. The summed E-state index contributed by atoms with van der Waals surface area (Å²) >= 11 is 0. The Balaban J connectivity index is 0.00000169. The fourth-order valence-corrected chi connectivity index (χ4v) is 3.35. The number of amides is 1. The summed E-state index contributed by atoms with van der Waals surface area (Å²) in [7, 11) is 0. The van der Waals surface area contributed by atoms with Crippen LogP contribution in [0, 0.1) is 0 Å². The van der Waals surface area contributed by atoms with Crippen LogP contribution in [0.5, 0.6) is 0 Å². The summed E-state index contributed by atoms with van der Waals surface area (Å²) in [6, 6.07) is 16.3. The minimum Gasteiger partial charge on any atom is -0.337 e. The highest BCUT2D eigenvalue weighted by Gasteiger charge is 2.27. The van der Waals surface area contributed by atoms with Gasteiger partial charge < -0.3 is 9.30 Å². The number of nitrogens with zero attached hydrogens (tertiary/aromatic N) is 3. The molecule has 0 aliphatic carbocycles. The number of pyridine rings is 1. The van der Waals surface area contributed by atoms with Crippen LogP contribution < -0.4 is 0 Å². The summed E-state index contributed by atoms with van der Waals surface area (Å²) in [6.45, 7) is 1.43. The van der Waals surface area contributed by atoms with Crippen LogP contribution in [-0.2, 0) is 11.3 Å². The third-order valence-electron chi connectivity index (χ3n) is 4.64. The van der Waals surface area contributed by atoms with Gasteiger partial charge in [0.2, 0.25) is 5.91 Å². The average molecular weight is 342 g/mol. The Hall–Kier alpha value is -2.33. The first-order valence-electron chi connectivity index (χ1n) is 8.05. The molecule has 1 amide bonds. The molecule has 0 saturated carbocycles. The van der Waals surface area contributed by atoms with Gasteiger partial charge in [-0.15, -0.1) is 12.4 Å². The molecule has 0 N–H and O–H groups in total. The molecule has 5 heteroatoms. The van der Waals surface area contributed by atoms with E-state index >= 15 is 0 Å². The number of fused-ring (bicyclic) bond motifs is 1. The van der Waals surface area contributed by atoms with Crippen LogP contribution in [0.1, 0.15) is 30.0 Å². The summed E-state index contributed by atoms with van der Waals surface area (Å²) in [5.41, 5.74) is 3.26. The number of halogens is 1. The van der Waals surface area contributed by atoms with Crippen molar-refractivity contribution >= 4 is 24.0 Å². The summed E-state index contributed by atoms with van der Waals surface area (Å²) in [5, 5.41) is 0. The Bertz CT molecular complexity index is 831. The molecule has 1 aromatic carbocycles. The van der Waals surface area contributed by atoms with Crippen molar-refractivity contribution in [2.75, 3.05) is 6.54 Å². The Morgan fingerprint density at radius 2 is 1.88 bits per heavy atom. The van der Waals surface area contributed by atoms with Gasteiger partial charge in [-0.25, -0.2) is 4.98 Å². The molecule has 0 radical (unpaired) electrons. The zero-order valence-corrected chi connectivity index (χ0v) is 14.2. The quantitative estimate of drug-likeness (QED) is 0.729. The van der Waals surface area contributed by atoms with E-state index in [0.29, 0.717) is 18.9 Å². The number of benzene rings is 1. The lowest BCUT2D eigenvalue weighted by atomic mass is 9.89. The van der Waals surface area contributed by atoms with Crippen LogP contribution in [0.4, 0.5) is 0 Å². The third kappa shape index (κ3) is 3.15. The van der Waals surface area contributed by atoms with Gasteiger partial charge in [-0.2, -0.15) is 0 Å². The largest absolute Gasteiger partial charge is 0.337 e. The van der Waals surface area contributed by atoms with E-state index in [1.165, 1.54) is 5.56 Å². The Labute approximate surface area is 147 Å². The van der Waals surface area contributed by atoms with Gasteiger partial charge in [-0.1, -0.05) is 36.4 Å². The minimum atomic E-state index is 0. The first-order valence-corrected chi connectivity index (χ1v) is 8.05. The van der Waals surface area contributed by atoms with Crippen molar-refractivity contribution in [3.8, 4) is 0 Å². The van der Waals surface area contributed by atoms with Gasteiger partial charge in [0.1, 0.15) is 5.65 Å². The summed E-state index contributed by atoms with van der Waals surface area (Å²) in [5.74, 6) is 0.582. The number of aromatic nitrogens is 2. The van der Waals surface area contributed by atoms with E-state index in [4.69, 9.17) is 0 Å². The molecule has 3 heterocycles. The Kier molecular flexibility index (Phi) is 4.86. The fourth-order valence-electron chi connectivity index (χ4n) is 3.35. The normalized spacial score (nSPS) is 17.8. The second kappa shape index (κ2) is 7.05. The maximum Gasteiger partial charge on any atom is 0.223 e. The van der Waals surface area contributed by atoms with Crippen LogP contribution in [0.15, 0.2) is 60.9 Å². The summed E-state index contributed by atoms with van der Waals surface area (Å²) in [4.78, 5) is 18.9. The maximum atomic E-state index is 12.5. The first-order chi connectivity index (χ1) is 11.3. The second-order valence-electron chi connectivity index (χ2n) is 6.09. The molecule has 24 heavy (non-hydrogen) atoms. The van der Waals surface area contributed by atoms with Gasteiger partial charge in [-0.3, -0.25) is 4.79 Å². The average Bonchev–Trinajstić information content (AvgIpc) is 3.01. The van der Waals surface area contributed by atoms with E-state index < -0.39 is 0 Å². The monoisotopic (exact) mass is 341 g/mol. The number of likely N-dealkylation sites (tertiary alicyclic amines) is 1. The second-order valence-corrected chi connectivity index (χ2v) is 6.09. The molecule has 124 valence electrons. The molecular weight excluding hydrogens is 322 g/mol. The number of carbonyl (C=O) groups is 1. The number of piperidine rings is 1. The van der Waals surface area contributed by atoms with E-state index in [1.807, 2.05) is 53.7 Å².